The highest BCUT2D eigenvalue weighted by Crippen LogP contribution is 2.62. The van der Waals surface area contributed by atoms with E-state index < -0.39 is 29.5 Å². The van der Waals surface area contributed by atoms with Crippen LogP contribution in [0.15, 0.2) is 121 Å². The molecule has 7 atom stereocenters. The predicted octanol–water partition coefficient (Wildman–Crippen LogP) is 10.5. The molecule has 0 saturated heterocycles. The number of aliphatic hydroxyl groups excluding tert-OH is 1. The van der Waals surface area contributed by atoms with Crippen LogP contribution in [-0.4, -0.2) is 102 Å². The molecule has 2 aliphatic carbocycles. The summed E-state index contributed by atoms with van der Waals surface area (Å²) >= 11 is 0. The van der Waals surface area contributed by atoms with Gasteiger partial charge in [-0.1, -0.05) is 98.5 Å². The van der Waals surface area contributed by atoms with Crippen LogP contribution < -0.4 is 35.5 Å². The summed E-state index contributed by atoms with van der Waals surface area (Å²) in [6.45, 7) is 8.50. The first kappa shape index (κ1) is 57.3. The van der Waals surface area contributed by atoms with Gasteiger partial charge in [0.05, 0.1) is 25.5 Å². The summed E-state index contributed by atoms with van der Waals surface area (Å²) in [5, 5.41) is 62.2. The molecule has 13 nitrogen and oxygen atoms in total. The molecule has 9 N–H and O–H groups in total. The fourth-order valence-corrected chi connectivity index (χ4v) is 14.3. The van der Waals surface area contributed by atoms with Gasteiger partial charge >= 0.3 is 0 Å². The number of rotatable bonds is 21. The van der Waals surface area contributed by atoms with E-state index in [9.17, 15) is 20.4 Å². The molecule has 4 heterocycles. The van der Waals surface area contributed by atoms with Gasteiger partial charge < -0.3 is 55.0 Å². The number of ether oxygens (including phenoxy) is 4. The Kier molecular flexibility index (Phi) is 16.9. The summed E-state index contributed by atoms with van der Waals surface area (Å²) in [6.07, 6.45) is 9.29. The first-order valence-corrected chi connectivity index (χ1v) is 30.4. The van der Waals surface area contributed by atoms with Gasteiger partial charge in [-0.15, -0.1) is 0 Å². The number of aromatic nitrogens is 1. The van der Waals surface area contributed by atoms with E-state index in [-0.39, 0.29) is 43.3 Å². The number of aromatic hydroxyl groups is 2. The van der Waals surface area contributed by atoms with Crippen LogP contribution in [0.3, 0.4) is 0 Å². The molecule has 2 bridgehead atoms. The SMILES string of the molecule is CNCO[C@]12Cc3c4c(c5c(c3O[C@@H]1c1cc(CCc3ccccc3)c(O)c(c1)OCCC#C[C@@H]2NCNC[C@@](C)(O)CC(C)C)CC[C@@H](CO)O5)-c1ccc(O)c2c1[C@H](C4)[C@H](c1ccc3[nH]ccc3c1)C(CNCCCc1ccccc1)=C2. The number of phenols is 2. The van der Waals surface area contributed by atoms with E-state index in [1.165, 1.54) is 16.7 Å². The molecule has 0 unspecified atom stereocenters. The first-order valence-electron chi connectivity index (χ1n) is 30.4. The summed E-state index contributed by atoms with van der Waals surface area (Å²) in [4.78, 5) is 3.42. The maximum Gasteiger partial charge on any atom is 0.161 e. The molecule has 6 aromatic carbocycles. The van der Waals surface area contributed by atoms with Gasteiger partial charge in [-0.05, 0) is 182 Å². The van der Waals surface area contributed by atoms with E-state index in [1.54, 1.807) is 0 Å². The number of fused-ring (bicyclic) bond motifs is 12. The molecule has 84 heavy (non-hydrogen) atoms. The van der Waals surface area contributed by atoms with Crippen LogP contribution in [0.1, 0.15) is 120 Å². The van der Waals surface area contributed by atoms with E-state index in [2.05, 4.69) is 137 Å². The smallest absolute Gasteiger partial charge is 0.161 e. The van der Waals surface area contributed by atoms with Crippen LogP contribution in [0.4, 0.5) is 0 Å². The molecule has 0 radical (unpaired) electrons. The van der Waals surface area contributed by atoms with Gasteiger partial charge in [0.1, 0.15) is 35.0 Å². The molecule has 0 amide bonds. The third-order valence-electron chi connectivity index (χ3n) is 17.9. The first-order chi connectivity index (χ1) is 40.9. The molecule has 1 aromatic heterocycles. The number of hydrogen-bond acceptors (Lipinski definition) is 12. The fraction of sp³-hybridized carbons (Fsp3) is 0.408. The topological polar surface area (TPSA) is 182 Å². The van der Waals surface area contributed by atoms with Crippen LogP contribution in [0.2, 0.25) is 0 Å². The number of phenolic OH excluding ortho intramolecular Hbond substituents is 2. The van der Waals surface area contributed by atoms with Crippen molar-refractivity contribution in [3.05, 3.63) is 177 Å². The Balaban J connectivity index is 1.03. The minimum atomic E-state index is -1.24. The zero-order chi connectivity index (χ0) is 58.0. The molecule has 0 spiro atoms. The van der Waals surface area contributed by atoms with Crippen LogP contribution in [-0.2, 0) is 43.3 Å². The molecule has 7 aromatic rings. The van der Waals surface area contributed by atoms with Gasteiger partial charge in [-0.3, -0.25) is 10.6 Å². The maximum absolute atomic E-state index is 12.1. The van der Waals surface area contributed by atoms with Crippen molar-refractivity contribution >= 4 is 17.0 Å². The highest BCUT2D eigenvalue weighted by Gasteiger charge is 2.55. The number of benzene rings is 6. The third kappa shape index (κ3) is 11.6. The molecule has 0 saturated carbocycles. The van der Waals surface area contributed by atoms with Crippen LogP contribution >= 0.6 is 0 Å². The highest BCUT2D eigenvalue weighted by atomic mass is 16.6. The van der Waals surface area contributed by atoms with Gasteiger partial charge in [0.15, 0.2) is 17.6 Å². The molecule has 13 heteroatoms. The van der Waals surface area contributed by atoms with Crippen molar-refractivity contribution in [3.63, 3.8) is 0 Å². The summed E-state index contributed by atoms with van der Waals surface area (Å²) in [6, 6.07) is 37.1. The number of H-pyrrole nitrogens is 1. The van der Waals surface area contributed by atoms with E-state index in [4.69, 9.17) is 18.9 Å². The van der Waals surface area contributed by atoms with Crippen molar-refractivity contribution in [2.75, 3.05) is 53.3 Å². The number of aliphatic hydroxyl groups is 2. The van der Waals surface area contributed by atoms with Gasteiger partial charge in [0.25, 0.3) is 0 Å². The third-order valence-corrected chi connectivity index (χ3v) is 17.9. The zero-order valence-corrected chi connectivity index (χ0v) is 49.0. The van der Waals surface area contributed by atoms with Crippen molar-refractivity contribution < 1.29 is 39.4 Å². The number of aromatic amines is 1. The van der Waals surface area contributed by atoms with Crippen LogP contribution in [0, 0.1) is 17.8 Å². The van der Waals surface area contributed by atoms with E-state index in [1.807, 2.05) is 50.5 Å². The Labute approximate surface area is 494 Å². The Morgan fingerprint density at radius 1 is 0.869 bits per heavy atom. The second-order valence-electron chi connectivity index (χ2n) is 24.5. The largest absolute Gasteiger partial charge is 0.507 e. The zero-order valence-electron chi connectivity index (χ0n) is 49.0. The molecular formula is C71H81N5O8. The minimum Gasteiger partial charge on any atom is -0.507 e. The lowest BCUT2D eigenvalue weighted by Gasteiger charge is -2.50. The summed E-state index contributed by atoms with van der Waals surface area (Å²) < 4.78 is 28.9. The quantitative estimate of drug-likeness (QED) is 0.0189. The Morgan fingerprint density at radius 3 is 2.46 bits per heavy atom. The molecule has 12 rings (SSSR count). The highest BCUT2D eigenvalue weighted by molar-refractivity contribution is 5.90. The monoisotopic (exact) mass is 1130 g/mol. The summed E-state index contributed by atoms with van der Waals surface area (Å²) in [5.41, 5.74) is 12.1. The molecular weight excluding hydrogens is 1050 g/mol. The van der Waals surface area contributed by atoms with E-state index in [0.717, 1.165) is 91.7 Å². The second kappa shape index (κ2) is 24.8. The lowest BCUT2D eigenvalue weighted by atomic mass is 9.62. The second-order valence-corrected chi connectivity index (χ2v) is 24.5. The van der Waals surface area contributed by atoms with Gasteiger partial charge in [-0.25, -0.2) is 0 Å². The van der Waals surface area contributed by atoms with Crippen molar-refractivity contribution in [3.8, 4) is 51.7 Å². The van der Waals surface area contributed by atoms with Gasteiger partial charge in [0.2, 0.25) is 0 Å². The number of aryl methyl sites for hydroxylation is 3. The lowest BCUT2D eigenvalue weighted by molar-refractivity contribution is -0.141. The molecule has 5 aliphatic rings. The van der Waals surface area contributed by atoms with Crippen molar-refractivity contribution in [1.82, 2.24) is 26.3 Å². The van der Waals surface area contributed by atoms with Crippen LogP contribution in [0.5, 0.6) is 28.7 Å². The van der Waals surface area contributed by atoms with Gasteiger partial charge in [0, 0.05) is 72.5 Å². The molecule has 438 valence electrons. The minimum absolute atomic E-state index is 0.0851. The van der Waals surface area contributed by atoms with Crippen LogP contribution in [0.25, 0.3) is 28.1 Å². The molecule has 3 aliphatic heterocycles. The normalized spacial score (nSPS) is 21.8. The average Bonchev–Trinajstić information content (AvgIpc) is 0.889. The number of nitrogens with one attached hydrogen (secondary N) is 5. The Hall–Kier alpha value is -7.12. The summed E-state index contributed by atoms with van der Waals surface area (Å²) in [7, 11) is 1.88. The van der Waals surface area contributed by atoms with Crippen molar-refractivity contribution in [2.24, 2.45) is 5.92 Å². The standard InChI is InChI=1S/C71H81N5O8/c1-44(2)37-70(3,80)41-74-42-76-62-19-11-12-31-81-61-35-50(33-49(66(61)79)21-20-46-16-9-6-10-17-46)69-71(62,82-43-72-4)38-58-55-36-57-63(48-22-26-59-47(32-48)28-30-75-59)51(39-73-29-13-18-45-14-7-5-8-15-45)34-56-60(78)27-25-53(64(56)57)65(55)68-54(67(58)84-69)24-23-52(40-77)83-68/h5-10,14-17,22,25-28,30,32-35,44,52,57,62-63,69,72-80H,12-13,18,20-21,23-24,29,31,36-43H2,1-4H3/t52-,57+,62-,63+,69+,70-,71-/m0/s1. The lowest BCUT2D eigenvalue weighted by Crippen LogP contribution is -2.62. The van der Waals surface area contributed by atoms with E-state index in [0.29, 0.717) is 88.5 Å². The Bertz CT molecular complexity index is 3590. The maximum atomic E-state index is 12.1. The van der Waals surface area contributed by atoms with Crippen molar-refractivity contribution in [1.29, 1.82) is 0 Å². The summed E-state index contributed by atoms with van der Waals surface area (Å²) in [5.74, 6) is 9.37. The number of hydrogen-bond donors (Lipinski definition) is 9. The Morgan fingerprint density at radius 2 is 1.68 bits per heavy atom. The predicted molar refractivity (Wildman–Crippen MR) is 331 cm³/mol. The van der Waals surface area contributed by atoms with E-state index >= 15 is 0 Å². The van der Waals surface area contributed by atoms with Gasteiger partial charge in [-0.2, -0.15) is 0 Å². The average molecular weight is 1130 g/mol. The van der Waals surface area contributed by atoms with Crippen molar-refractivity contribution in [2.45, 2.75) is 126 Å². The fourth-order valence-electron chi connectivity index (χ4n) is 14.3. The molecule has 0 fully saturated rings.